The number of oxime groups is 1. The Hall–Kier alpha value is -1.79. The molecule has 6 nitrogen and oxygen atoms in total. The van der Waals surface area contributed by atoms with Crippen molar-refractivity contribution in [3.63, 3.8) is 0 Å². The summed E-state index contributed by atoms with van der Waals surface area (Å²) in [5.41, 5.74) is 12.3. The molecule has 0 aromatic heterocycles. The molecule has 1 aromatic rings. The van der Waals surface area contributed by atoms with E-state index in [0.29, 0.717) is 11.4 Å². The number of amidine groups is 1. The molecule has 1 unspecified atom stereocenters. The zero-order chi connectivity index (χ0) is 13.5. The fourth-order valence-electron chi connectivity index (χ4n) is 1.21. The van der Waals surface area contributed by atoms with E-state index in [0.717, 1.165) is 5.56 Å². The Kier molecular flexibility index (Phi) is 5.41. The summed E-state index contributed by atoms with van der Waals surface area (Å²) < 4.78 is 0. The minimum atomic E-state index is -1.13. The molecule has 1 atom stereocenters. The second-order valence-corrected chi connectivity index (χ2v) is 4.06. The third-order valence-electron chi connectivity index (χ3n) is 2.11. The highest BCUT2D eigenvalue weighted by molar-refractivity contribution is 6.30. The Morgan fingerprint density at radius 2 is 2.06 bits per heavy atom. The molecule has 0 amide bonds. The van der Waals surface area contributed by atoms with Gasteiger partial charge in [0.1, 0.15) is 0 Å². The number of carboxylic acids is 1. The van der Waals surface area contributed by atoms with E-state index in [4.69, 9.17) is 28.2 Å². The van der Waals surface area contributed by atoms with Crippen molar-refractivity contribution in [2.24, 2.45) is 16.6 Å². The van der Waals surface area contributed by atoms with E-state index < -0.39 is 18.6 Å². The van der Waals surface area contributed by atoms with Crippen molar-refractivity contribution in [2.75, 3.05) is 6.61 Å². The van der Waals surface area contributed by atoms with Gasteiger partial charge < -0.3 is 21.4 Å². The lowest BCUT2D eigenvalue weighted by molar-refractivity contribution is -0.142. The maximum Gasteiger partial charge on any atom is 0.344 e. The van der Waals surface area contributed by atoms with Crippen LogP contribution in [-0.2, 0) is 16.1 Å². The van der Waals surface area contributed by atoms with E-state index in [-0.39, 0.29) is 5.84 Å². The maximum absolute atomic E-state index is 10.2. The molecule has 98 valence electrons. The van der Waals surface area contributed by atoms with Crippen LogP contribution >= 0.6 is 11.6 Å². The first kappa shape index (κ1) is 14.3. The van der Waals surface area contributed by atoms with Crippen molar-refractivity contribution in [2.45, 2.75) is 12.5 Å². The van der Waals surface area contributed by atoms with E-state index in [1.807, 2.05) is 12.1 Å². The van der Waals surface area contributed by atoms with Crippen molar-refractivity contribution < 1.29 is 14.7 Å². The molecular formula is C11H14ClN3O3. The average molecular weight is 272 g/mol. The number of carboxylic acid groups (broad SMARTS) is 1. The SMILES string of the molecule is NC(=NOCC(=O)O)C(N)Cc1ccc(Cl)cc1. The van der Waals surface area contributed by atoms with Gasteiger partial charge in [0.2, 0.25) is 6.61 Å². The van der Waals surface area contributed by atoms with Gasteiger partial charge in [-0.3, -0.25) is 0 Å². The third-order valence-corrected chi connectivity index (χ3v) is 2.36. The minimum absolute atomic E-state index is 0.0474. The highest BCUT2D eigenvalue weighted by atomic mass is 35.5. The lowest BCUT2D eigenvalue weighted by Crippen LogP contribution is -2.38. The molecular weight excluding hydrogens is 258 g/mol. The van der Waals surface area contributed by atoms with Gasteiger partial charge >= 0.3 is 5.97 Å². The molecule has 0 bridgehead atoms. The number of nitrogens with two attached hydrogens (primary N) is 2. The van der Waals surface area contributed by atoms with Gasteiger partial charge in [-0.2, -0.15) is 0 Å². The van der Waals surface area contributed by atoms with E-state index in [2.05, 4.69) is 9.99 Å². The van der Waals surface area contributed by atoms with Crippen LogP contribution in [0.4, 0.5) is 0 Å². The number of aliphatic carboxylic acids is 1. The van der Waals surface area contributed by atoms with Crippen molar-refractivity contribution in [1.29, 1.82) is 0 Å². The molecule has 0 aliphatic heterocycles. The predicted octanol–water partition coefficient (Wildman–Crippen LogP) is 0.583. The lowest BCUT2D eigenvalue weighted by Gasteiger charge is -2.10. The van der Waals surface area contributed by atoms with Crippen molar-refractivity contribution >= 4 is 23.4 Å². The number of carbonyl (C=O) groups is 1. The van der Waals surface area contributed by atoms with Crippen LogP contribution in [-0.4, -0.2) is 29.6 Å². The van der Waals surface area contributed by atoms with Crippen LogP contribution in [0.15, 0.2) is 29.4 Å². The van der Waals surface area contributed by atoms with Gasteiger partial charge in [0.05, 0.1) is 6.04 Å². The summed E-state index contributed by atoms with van der Waals surface area (Å²) in [7, 11) is 0. The molecule has 0 aliphatic rings. The van der Waals surface area contributed by atoms with Crippen LogP contribution in [0.2, 0.25) is 5.02 Å². The Bertz CT molecular complexity index is 434. The van der Waals surface area contributed by atoms with Crippen LogP contribution in [0.5, 0.6) is 0 Å². The van der Waals surface area contributed by atoms with Crippen LogP contribution in [0.25, 0.3) is 0 Å². The summed E-state index contributed by atoms with van der Waals surface area (Å²) in [6, 6.07) is 6.61. The molecule has 0 saturated heterocycles. The van der Waals surface area contributed by atoms with Gasteiger partial charge in [-0.05, 0) is 24.1 Å². The number of nitrogens with zero attached hydrogens (tertiary/aromatic N) is 1. The fraction of sp³-hybridized carbons (Fsp3) is 0.273. The number of rotatable bonds is 6. The summed E-state index contributed by atoms with van der Waals surface area (Å²) >= 11 is 5.75. The molecule has 5 N–H and O–H groups in total. The predicted molar refractivity (Wildman–Crippen MR) is 68.3 cm³/mol. The van der Waals surface area contributed by atoms with Gasteiger partial charge in [0.15, 0.2) is 5.84 Å². The monoisotopic (exact) mass is 271 g/mol. The smallest absolute Gasteiger partial charge is 0.344 e. The second kappa shape index (κ2) is 6.83. The van der Waals surface area contributed by atoms with Crippen molar-refractivity contribution in [3.8, 4) is 0 Å². The van der Waals surface area contributed by atoms with Crippen LogP contribution in [0.3, 0.4) is 0 Å². The Labute approximate surface area is 109 Å². The maximum atomic E-state index is 10.2. The second-order valence-electron chi connectivity index (χ2n) is 3.62. The highest BCUT2D eigenvalue weighted by Gasteiger charge is 2.09. The van der Waals surface area contributed by atoms with Crippen molar-refractivity contribution in [3.05, 3.63) is 34.9 Å². The first-order valence-corrected chi connectivity index (χ1v) is 5.54. The van der Waals surface area contributed by atoms with Gasteiger partial charge in [0, 0.05) is 5.02 Å². The molecule has 18 heavy (non-hydrogen) atoms. The first-order valence-electron chi connectivity index (χ1n) is 5.16. The van der Waals surface area contributed by atoms with E-state index >= 15 is 0 Å². The molecule has 7 heteroatoms. The van der Waals surface area contributed by atoms with Gasteiger partial charge in [-0.25, -0.2) is 4.79 Å². The number of benzene rings is 1. The quantitative estimate of drug-likeness (QED) is 0.398. The zero-order valence-electron chi connectivity index (χ0n) is 9.54. The highest BCUT2D eigenvalue weighted by Crippen LogP contribution is 2.10. The van der Waals surface area contributed by atoms with Crippen LogP contribution in [0, 0.1) is 0 Å². The largest absolute Gasteiger partial charge is 0.479 e. The van der Waals surface area contributed by atoms with Gasteiger partial charge in [0.25, 0.3) is 0 Å². The molecule has 1 rings (SSSR count). The van der Waals surface area contributed by atoms with Crippen molar-refractivity contribution in [1.82, 2.24) is 0 Å². The minimum Gasteiger partial charge on any atom is -0.479 e. The average Bonchev–Trinajstić information content (AvgIpc) is 2.31. The summed E-state index contributed by atoms with van der Waals surface area (Å²) in [5.74, 6) is -1.08. The number of halogens is 1. The zero-order valence-corrected chi connectivity index (χ0v) is 10.3. The molecule has 0 aliphatic carbocycles. The summed E-state index contributed by atoms with van der Waals surface area (Å²) in [5, 5.41) is 12.4. The Balaban J connectivity index is 2.51. The standard InChI is InChI=1S/C11H14ClN3O3/c12-8-3-1-7(2-4-8)5-9(13)11(14)15-18-6-10(16)17/h1-4,9H,5-6,13H2,(H2,14,15)(H,16,17). The topological polar surface area (TPSA) is 111 Å². The molecule has 0 saturated carbocycles. The molecule has 0 heterocycles. The lowest BCUT2D eigenvalue weighted by atomic mass is 10.1. The number of hydrogen-bond acceptors (Lipinski definition) is 4. The summed E-state index contributed by atoms with van der Waals surface area (Å²) in [6.45, 7) is -0.547. The fourth-order valence-corrected chi connectivity index (χ4v) is 1.33. The van der Waals surface area contributed by atoms with E-state index in [9.17, 15) is 4.79 Å². The van der Waals surface area contributed by atoms with Crippen LogP contribution in [0.1, 0.15) is 5.56 Å². The van der Waals surface area contributed by atoms with Crippen LogP contribution < -0.4 is 11.5 Å². The summed E-state index contributed by atoms with van der Waals surface area (Å²) in [6.07, 6.45) is 0.461. The van der Waals surface area contributed by atoms with Gasteiger partial charge in [-0.15, -0.1) is 0 Å². The molecule has 0 fully saturated rings. The Morgan fingerprint density at radius 3 is 2.61 bits per heavy atom. The van der Waals surface area contributed by atoms with E-state index in [1.165, 1.54) is 0 Å². The molecule has 0 radical (unpaired) electrons. The Morgan fingerprint density at radius 1 is 1.44 bits per heavy atom. The normalized spacial score (nSPS) is 13.1. The first-order chi connectivity index (χ1) is 8.49. The molecule has 0 spiro atoms. The van der Waals surface area contributed by atoms with E-state index in [1.54, 1.807) is 12.1 Å². The van der Waals surface area contributed by atoms with Gasteiger partial charge in [-0.1, -0.05) is 28.9 Å². The third kappa shape index (κ3) is 5.03. The summed E-state index contributed by atoms with van der Waals surface area (Å²) in [4.78, 5) is 14.7. The molecule has 1 aromatic carbocycles. The number of hydrogen-bond donors (Lipinski definition) is 3.